The van der Waals surface area contributed by atoms with Gasteiger partial charge in [-0.15, -0.1) is 0 Å². The van der Waals surface area contributed by atoms with E-state index in [0.717, 1.165) is 5.69 Å². The number of anilines is 1. The summed E-state index contributed by atoms with van der Waals surface area (Å²) in [4.78, 5) is 0. The van der Waals surface area contributed by atoms with E-state index >= 15 is 0 Å². The van der Waals surface area contributed by atoms with Crippen LogP contribution in [-0.4, -0.2) is 15.8 Å². The standard InChI is InChI=1S/C14H25N3/c1-11-14(12(2)17(3)16-11)15-13-9-7-5-4-6-8-10-13/h13,15H,4-10H2,1-3H3. The Morgan fingerprint density at radius 1 is 1.06 bits per heavy atom. The Hall–Kier alpha value is -0.990. The summed E-state index contributed by atoms with van der Waals surface area (Å²) < 4.78 is 1.97. The van der Waals surface area contributed by atoms with Crippen molar-refractivity contribution >= 4 is 5.69 Å². The fourth-order valence-corrected chi connectivity index (χ4v) is 2.79. The maximum atomic E-state index is 4.47. The van der Waals surface area contributed by atoms with Gasteiger partial charge >= 0.3 is 0 Å². The van der Waals surface area contributed by atoms with Crippen LogP contribution in [-0.2, 0) is 7.05 Å². The molecule has 96 valence electrons. The van der Waals surface area contributed by atoms with Crippen LogP contribution in [0.1, 0.15) is 56.3 Å². The molecule has 1 aromatic heterocycles. The fraction of sp³-hybridized carbons (Fsp3) is 0.786. The molecule has 0 aromatic carbocycles. The monoisotopic (exact) mass is 235 g/mol. The van der Waals surface area contributed by atoms with Gasteiger partial charge < -0.3 is 5.32 Å². The van der Waals surface area contributed by atoms with Crippen LogP contribution in [0.2, 0.25) is 0 Å². The van der Waals surface area contributed by atoms with Gasteiger partial charge in [0.15, 0.2) is 0 Å². The van der Waals surface area contributed by atoms with Gasteiger partial charge in [0.2, 0.25) is 0 Å². The minimum absolute atomic E-state index is 0.650. The van der Waals surface area contributed by atoms with Gasteiger partial charge in [-0.25, -0.2) is 0 Å². The molecular formula is C14H25N3. The first kappa shape index (κ1) is 12.5. The number of aryl methyl sites for hydroxylation is 2. The van der Waals surface area contributed by atoms with Gasteiger partial charge in [0, 0.05) is 13.1 Å². The van der Waals surface area contributed by atoms with Gasteiger partial charge in [0.1, 0.15) is 0 Å². The number of aromatic nitrogens is 2. The first-order valence-electron chi connectivity index (χ1n) is 6.95. The van der Waals surface area contributed by atoms with E-state index in [1.54, 1.807) is 0 Å². The normalized spacial score (nSPS) is 18.8. The highest BCUT2D eigenvalue weighted by molar-refractivity contribution is 5.52. The summed E-state index contributed by atoms with van der Waals surface area (Å²) in [7, 11) is 2.02. The average Bonchev–Trinajstić information content (AvgIpc) is 2.48. The Bertz CT molecular complexity index is 360. The summed E-state index contributed by atoms with van der Waals surface area (Å²) in [5.74, 6) is 0. The van der Waals surface area contributed by atoms with E-state index in [1.807, 2.05) is 11.7 Å². The van der Waals surface area contributed by atoms with Crippen LogP contribution in [0.15, 0.2) is 0 Å². The second-order valence-electron chi connectivity index (χ2n) is 5.36. The number of hydrogen-bond donors (Lipinski definition) is 1. The molecule has 0 spiro atoms. The van der Waals surface area contributed by atoms with Crippen molar-refractivity contribution in [1.29, 1.82) is 0 Å². The topological polar surface area (TPSA) is 29.9 Å². The molecule has 0 bridgehead atoms. The molecule has 2 rings (SSSR count). The maximum absolute atomic E-state index is 4.47. The Labute approximate surface area is 105 Å². The number of nitrogens with zero attached hydrogens (tertiary/aromatic N) is 2. The molecule has 1 aliphatic rings. The molecule has 1 aliphatic carbocycles. The quantitative estimate of drug-likeness (QED) is 0.849. The van der Waals surface area contributed by atoms with Crippen molar-refractivity contribution in [1.82, 2.24) is 9.78 Å². The zero-order valence-electron chi connectivity index (χ0n) is 11.4. The first-order valence-corrected chi connectivity index (χ1v) is 6.95. The third kappa shape index (κ3) is 3.02. The van der Waals surface area contributed by atoms with Crippen molar-refractivity contribution in [3.8, 4) is 0 Å². The average molecular weight is 235 g/mol. The predicted molar refractivity (Wildman–Crippen MR) is 72.4 cm³/mol. The second kappa shape index (κ2) is 5.56. The van der Waals surface area contributed by atoms with Crippen molar-refractivity contribution in [3.05, 3.63) is 11.4 Å². The smallest absolute Gasteiger partial charge is 0.0827 e. The first-order chi connectivity index (χ1) is 8.18. The maximum Gasteiger partial charge on any atom is 0.0827 e. The van der Waals surface area contributed by atoms with E-state index in [-0.39, 0.29) is 0 Å². The van der Waals surface area contributed by atoms with Gasteiger partial charge in [-0.05, 0) is 26.7 Å². The van der Waals surface area contributed by atoms with E-state index < -0.39 is 0 Å². The van der Waals surface area contributed by atoms with Crippen molar-refractivity contribution in [2.45, 2.75) is 64.8 Å². The van der Waals surface area contributed by atoms with Gasteiger partial charge in [0.05, 0.1) is 17.1 Å². The van der Waals surface area contributed by atoms with Crippen molar-refractivity contribution in [2.24, 2.45) is 7.05 Å². The van der Waals surface area contributed by atoms with Gasteiger partial charge in [-0.2, -0.15) is 5.10 Å². The molecule has 1 N–H and O–H groups in total. The molecule has 1 fully saturated rings. The highest BCUT2D eigenvalue weighted by atomic mass is 15.3. The molecule has 0 radical (unpaired) electrons. The lowest BCUT2D eigenvalue weighted by Gasteiger charge is -2.22. The van der Waals surface area contributed by atoms with Crippen molar-refractivity contribution in [2.75, 3.05) is 5.32 Å². The van der Waals surface area contributed by atoms with E-state index in [4.69, 9.17) is 0 Å². The molecule has 3 nitrogen and oxygen atoms in total. The van der Waals surface area contributed by atoms with E-state index in [2.05, 4.69) is 24.3 Å². The minimum Gasteiger partial charge on any atom is -0.379 e. The molecule has 0 unspecified atom stereocenters. The summed E-state index contributed by atoms with van der Waals surface area (Å²) >= 11 is 0. The summed E-state index contributed by atoms with van der Waals surface area (Å²) in [5.41, 5.74) is 3.65. The van der Waals surface area contributed by atoms with Crippen LogP contribution >= 0.6 is 0 Å². The number of rotatable bonds is 2. The lowest BCUT2D eigenvalue weighted by molar-refractivity contribution is 0.471. The summed E-state index contributed by atoms with van der Waals surface area (Å²) in [6.07, 6.45) is 9.61. The molecule has 0 atom stereocenters. The SMILES string of the molecule is Cc1nn(C)c(C)c1NC1CCCCCCC1. The molecule has 17 heavy (non-hydrogen) atoms. The van der Waals surface area contributed by atoms with Crippen LogP contribution in [0.3, 0.4) is 0 Å². The Kier molecular flexibility index (Phi) is 4.08. The summed E-state index contributed by atoms with van der Waals surface area (Å²) in [6, 6.07) is 0.650. The lowest BCUT2D eigenvalue weighted by Crippen LogP contribution is -2.21. The Morgan fingerprint density at radius 3 is 2.18 bits per heavy atom. The van der Waals surface area contributed by atoms with Crippen LogP contribution < -0.4 is 5.32 Å². The van der Waals surface area contributed by atoms with E-state index in [0.29, 0.717) is 6.04 Å². The predicted octanol–water partition coefficient (Wildman–Crippen LogP) is 3.56. The largest absolute Gasteiger partial charge is 0.379 e. The molecule has 1 saturated carbocycles. The van der Waals surface area contributed by atoms with Crippen LogP contribution in [0.5, 0.6) is 0 Å². The molecular weight excluding hydrogens is 210 g/mol. The fourth-order valence-electron chi connectivity index (χ4n) is 2.79. The zero-order chi connectivity index (χ0) is 12.3. The third-order valence-corrected chi connectivity index (χ3v) is 3.96. The Balaban J connectivity index is 2.03. The molecule has 0 amide bonds. The van der Waals surface area contributed by atoms with Crippen LogP contribution in [0, 0.1) is 13.8 Å². The number of nitrogens with one attached hydrogen (secondary N) is 1. The van der Waals surface area contributed by atoms with Crippen molar-refractivity contribution < 1.29 is 0 Å². The summed E-state index contributed by atoms with van der Waals surface area (Å²) in [5, 5.41) is 8.19. The molecule has 1 aromatic rings. The molecule has 1 heterocycles. The van der Waals surface area contributed by atoms with Crippen LogP contribution in [0.25, 0.3) is 0 Å². The Morgan fingerprint density at radius 2 is 1.65 bits per heavy atom. The van der Waals surface area contributed by atoms with E-state index in [1.165, 1.54) is 56.3 Å². The molecule has 3 heteroatoms. The van der Waals surface area contributed by atoms with Gasteiger partial charge in [0.25, 0.3) is 0 Å². The highest BCUT2D eigenvalue weighted by Gasteiger charge is 2.15. The van der Waals surface area contributed by atoms with E-state index in [9.17, 15) is 0 Å². The van der Waals surface area contributed by atoms with Crippen LogP contribution in [0.4, 0.5) is 5.69 Å². The lowest BCUT2D eigenvalue weighted by atomic mass is 9.96. The van der Waals surface area contributed by atoms with Gasteiger partial charge in [-0.3, -0.25) is 4.68 Å². The van der Waals surface area contributed by atoms with Crippen molar-refractivity contribution in [3.63, 3.8) is 0 Å². The third-order valence-electron chi connectivity index (χ3n) is 3.96. The second-order valence-corrected chi connectivity index (χ2v) is 5.36. The number of hydrogen-bond acceptors (Lipinski definition) is 2. The highest BCUT2D eigenvalue weighted by Crippen LogP contribution is 2.24. The summed E-state index contributed by atoms with van der Waals surface area (Å²) in [6.45, 7) is 4.24. The van der Waals surface area contributed by atoms with Gasteiger partial charge in [-0.1, -0.05) is 32.1 Å². The minimum atomic E-state index is 0.650. The molecule has 0 saturated heterocycles. The zero-order valence-corrected chi connectivity index (χ0v) is 11.4. The molecule has 0 aliphatic heterocycles.